The molecule has 4 heteroatoms. The van der Waals surface area contributed by atoms with Crippen molar-refractivity contribution >= 4 is 17.6 Å². The van der Waals surface area contributed by atoms with Gasteiger partial charge in [0.2, 0.25) is 0 Å². The summed E-state index contributed by atoms with van der Waals surface area (Å²) < 4.78 is 5.13. The number of esters is 1. The summed E-state index contributed by atoms with van der Waals surface area (Å²) in [4.78, 5) is 24.1. The highest BCUT2D eigenvalue weighted by Crippen LogP contribution is 2.23. The first-order valence-electron chi connectivity index (χ1n) is 8.18. The van der Waals surface area contributed by atoms with Crippen molar-refractivity contribution in [1.29, 1.82) is 0 Å². The van der Waals surface area contributed by atoms with Gasteiger partial charge in [0.1, 0.15) is 0 Å². The maximum Gasteiger partial charge on any atom is 0.338 e. The molecule has 0 fully saturated rings. The summed E-state index contributed by atoms with van der Waals surface area (Å²) >= 11 is 0. The molecule has 4 nitrogen and oxygen atoms in total. The van der Waals surface area contributed by atoms with Gasteiger partial charge in [-0.05, 0) is 79.6 Å². The lowest BCUT2D eigenvalue weighted by molar-refractivity contribution is -0.119. The molecule has 0 saturated heterocycles. The molecule has 0 bridgehead atoms. The van der Waals surface area contributed by atoms with E-state index in [4.69, 9.17) is 4.74 Å². The molecule has 1 amide bonds. The summed E-state index contributed by atoms with van der Waals surface area (Å²) in [6.45, 7) is 3.65. The Morgan fingerprint density at radius 3 is 2.46 bits per heavy atom. The summed E-state index contributed by atoms with van der Waals surface area (Å²) in [7, 11) is 0. The maximum atomic E-state index is 12.1. The number of rotatable bonds is 4. The SMILES string of the molecule is Cc1cc(C)cc(NC(=O)COC(=O)c2ccc3c(c2)CCC3)c1. The monoisotopic (exact) mass is 323 g/mol. The van der Waals surface area contributed by atoms with Gasteiger partial charge in [-0.1, -0.05) is 12.1 Å². The Hall–Kier alpha value is -2.62. The molecule has 0 aliphatic heterocycles. The topological polar surface area (TPSA) is 55.4 Å². The third kappa shape index (κ3) is 3.82. The Bertz CT molecular complexity index is 775. The van der Waals surface area contributed by atoms with Gasteiger partial charge >= 0.3 is 5.97 Å². The molecule has 2 aromatic carbocycles. The van der Waals surface area contributed by atoms with Crippen LogP contribution in [0.5, 0.6) is 0 Å². The summed E-state index contributed by atoms with van der Waals surface area (Å²) in [6, 6.07) is 11.4. The second-order valence-electron chi connectivity index (χ2n) is 6.34. The summed E-state index contributed by atoms with van der Waals surface area (Å²) in [5.74, 6) is -0.796. The van der Waals surface area contributed by atoms with Gasteiger partial charge in [-0.3, -0.25) is 4.79 Å². The van der Waals surface area contributed by atoms with Crippen LogP contribution in [0, 0.1) is 13.8 Å². The predicted octanol–water partition coefficient (Wildman–Crippen LogP) is 3.59. The third-order valence-corrected chi connectivity index (χ3v) is 4.17. The minimum atomic E-state index is -0.458. The molecule has 0 heterocycles. The van der Waals surface area contributed by atoms with Crippen molar-refractivity contribution in [3.63, 3.8) is 0 Å². The Balaban J connectivity index is 1.56. The molecule has 1 aliphatic carbocycles. The molecule has 124 valence electrons. The first-order chi connectivity index (χ1) is 11.5. The number of nitrogens with one attached hydrogen (secondary N) is 1. The number of anilines is 1. The standard InChI is InChI=1S/C20H21NO3/c1-13-8-14(2)10-18(9-13)21-19(22)12-24-20(23)17-7-6-15-4-3-5-16(15)11-17/h6-11H,3-5,12H2,1-2H3,(H,21,22). The molecule has 0 atom stereocenters. The second kappa shape index (κ2) is 6.87. The highest BCUT2D eigenvalue weighted by atomic mass is 16.5. The fourth-order valence-corrected chi connectivity index (χ4v) is 3.16. The van der Waals surface area contributed by atoms with E-state index in [0.29, 0.717) is 11.3 Å². The van der Waals surface area contributed by atoms with E-state index >= 15 is 0 Å². The summed E-state index contributed by atoms with van der Waals surface area (Å²) in [5.41, 5.74) is 5.88. The van der Waals surface area contributed by atoms with Gasteiger partial charge in [-0.15, -0.1) is 0 Å². The molecule has 0 saturated carbocycles. The fraction of sp³-hybridized carbons (Fsp3) is 0.300. The quantitative estimate of drug-likeness (QED) is 0.875. The van der Waals surface area contributed by atoms with Crippen LogP contribution >= 0.6 is 0 Å². The largest absolute Gasteiger partial charge is 0.452 e. The van der Waals surface area contributed by atoms with Crippen LogP contribution < -0.4 is 5.32 Å². The third-order valence-electron chi connectivity index (χ3n) is 4.17. The van der Waals surface area contributed by atoms with Crippen LogP contribution in [0.4, 0.5) is 5.69 Å². The molecular weight excluding hydrogens is 302 g/mol. The number of ether oxygens (including phenoxy) is 1. The fourth-order valence-electron chi connectivity index (χ4n) is 3.16. The van der Waals surface area contributed by atoms with Gasteiger partial charge in [0, 0.05) is 5.69 Å². The number of carbonyl (C=O) groups excluding carboxylic acids is 2. The first kappa shape index (κ1) is 16.2. The molecule has 0 aromatic heterocycles. The average molecular weight is 323 g/mol. The van der Waals surface area contributed by atoms with E-state index < -0.39 is 5.97 Å². The highest BCUT2D eigenvalue weighted by molar-refractivity contribution is 5.95. The number of hydrogen-bond acceptors (Lipinski definition) is 3. The minimum absolute atomic E-state index is 0.289. The van der Waals surface area contributed by atoms with Crippen molar-refractivity contribution in [2.45, 2.75) is 33.1 Å². The maximum absolute atomic E-state index is 12.1. The van der Waals surface area contributed by atoms with Crippen LogP contribution in [0.2, 0.25) is 0 Å². The summed E-state index contributed by atoms with van der Waals surface area (Å²) in [5, 5.41) is 2.76. The molecular formula is C20H21NO3. The normalized spacial score (nSPS) is 12.6. The van der Waals surface area contributed by atoms with Gasteiger partial charge in [0.05, 0.1) is 5.56 Å². The van der Waals surface area contributed by atoms with Crippen LogP contribution in [0.25, 0.3) is 0 Å². The number of aryl methyl sites for hydroxylation is 4. The zero-order valence-electron chi connectivity index (χ0n) is 14.0. The number of amides is 1. The van der Waals surface area contributed by atoms with E-state index in [1.807, 2.05) is 44.2 Å². The van der Waals surface area contributed by atoms with Crippen LogP contribution in [-0.4, -0.2) is 18.5 Å². The van der Waals surface area contributed by atoms with E-state index in [-0.39, 0.29) is 12.5 Å². The molecule has 3 rings (SSSR count). The number of carbonyl (C=O) groups is 2. The molecule has 24 heavy (non-hydrogen) atoms. The molecule has 1 aliphatic rings. The van der Waals surface area contributed by atoms with Crippen molar-refractivity contribution in [2.75, 3.05) is 11.9 Å². The van der Waals surface area contributed by atoms with Crippen molar-refractivity contribution in [3.05, 3.63) is 64.2 Å². The molecule has 2 aromatic rings. The predicted molar refractivity (Wildman–Crippen MR) is 93.3 cm³/mol. The van der Waals surface area contributed by atoms with Gasteiger partial charge in [0.15, 0.2) is 6.61 Å². The molecule has 0 radical (unpaired) electrons. The Morgan fingerprint density at radius 1 is 1.00 bits per heavy atom. The van der Waals surface area contributed by atoms with Crippen LogP contribution in [0.1, 0.15) is 39.0 Å². The average Bonchev–Trinajstić information content (AvgIpc) is 2.99. The zero-order chi connectivity index (χ0) is 17.1. The number of benzene rings is 2. The lowest BCUT2D eigenvalue weighted by Crippen LogP contribution is -2.21. The van der Waals surface area contributed by atoms with E-state index in [1.54, 1.807) is 6.07 Å². The highest BCUT2D eigenvalue weighted by Gasteiger charge is 2.15. The van der Waals surface area contributed by atoms with Gasteiger partial charge in [-0.25, -0.2) is 4.79 Å². The molecule has 1 N–H and O–H groups in total. The smallest absolute Gasteiger partial charge is 0.338 e. The van der Waals surface area contributed by atoms with E-state index in [2.05, 4.69) is 5.32 Å². The number of hydrogen-bond donors (Lipinski definition) is 1. The van der Waals surface area contributed by atoms with E-state index in [9.17, 15) is 9.59 Å². The van der Waals surface area contributed by atoms with Crippen molar-refractivity contribution in [3.8, 4) is 0 Å². The van der Waals surface area contributed by atoms with Crippen molar-refractivity contribution in [1.82, 2.24) is 0 Å². The van der Waals surface area contributed by atoms with Gasteiger partial charge < -0.3 is 10.1 Å². The summed E-state index contributed by atoms with van der Waals surface area (Å²) in [6.07, 6.45) is 3.21. The molecule has 0 unspecified atom stereocenters. The molecule has 0 spiro atoms. The Morgan fingerprint density at radius 2 is 1.71 bits per heavy atom. The second-order valence-corrected chi connectivity index (χ2v) is 6.34. The lowest BCUT2D eigenvalue weighted by Gasteiger charge is -2.09. The van der Waals surface area contributed by atoms with Crippen molar-refractivity contribution < 1.29 is 14.3 Å². The van der Waals surface area contributed by atoms with Gasteiger partial charge in [-0.2, -0.15) is 0 Å². The van der Waals surface area contributed by atoms with E-state index in [1.165, 1.54) is 11.1 Å². The van der Waals surface area contributed by atoms with Crippen LogP contribution in [0.3, 0.4) is 0 Å². The van der Waals surface area contributed by atoms with E-state index in [0.717, 1.165) is 30.4 Å². The Kier molecular flexibility index (Phi) is 4.65. The van der Waals surface area contributed by atoms with Gasteiger partial charge in [0.25, 0.3) is 5.91 Å². The van der Waals surface area contributed by atoms with Crippen molar-refractivity contribution in [2.24, 2.45) is 0 Å². The van der Waals surface area contributed by atoms with Crippen LogP contribution in [0.15, 0.2) is 36.4 Å². The minimum Gasteiger partial charge on any atom is -0.452 e. The zero-order valence-corrected chi connectivity index (χ0v) is 14.0. The Labute approximate surface area is 141 Å². The first-order valence-corrected chi connectivity index (χ1v) is 8.18. The lowest BCUT2D eigenvalue weighted by atomic mass is 10.1. The number of fused-ring (bicyclic) bond motifs is 1. The van der Waals surface area contributed by atoms with Crippen LogP contribution in [-0.2, 0) is 22.4 Å².